The molecule has 0 aliphatic heterocycles. The van der Waals surface area contributed by atoms with Crippen molar-refractivity contribution in [2.45, 2.75) is 94.2 Å². The molecule has 2 aliphatic rings. The van der Waals surface area contributed by atoms with Crippen LogP contribution in [-0.4, -0.2) is 36.1 Å². The molecule has 3 aromatic rings. The van der Waals surface area contributed by atoms with E-state index < -0.39 is 44.0 Å². The normalized spacial score (nSPS) is 17.5. The maximum atomic E-state index is 15.0. The third kappa shape index (κ3) is 6.53. The smallest absolute Gasteiger partial charge is 0.338 e. The molecule has 0 radical (unpaired) electrons. The number of halogens is 1. The number of ether oxygens (including phenoxy) is 2. The van der Waals surface area contributed by atoms with E-state index in [1.165, 1.54) is 48.5 Å². The number of hydrogen-bond acceptors (Lipinski definition) is 6. The lowest BCUT2D eigenvalue weighted by Gasteiger charge is -2.27. The first kappa shape index (κ1) is 30.9. The molecule has 0 bridgehead atoms. The van der Waals surface area contributed by atoms with Crippen LogP contribution in [0.4, 0.5) is 4.39 Å². The zero-order chi connectivity index (χ0) is 30.8. The molecule has 1 N–H and O–H groups in total. The molecule has 2 saturated carbocycles. The van der Waals surface area contributed by atoms with Crippen molar-refractivity contribution in [3.63, 3.8) is 0 Å². The van der Waals surface area contributed by atoms with Gasteiger partial charge in [0.25, 0.3) is 10.1 Å². The SMILES string of the molecule is CCC1(OC(=O)c2ccc(-c3cc(F)cc(-c4ccc(C(=O)OC5(CC)CCCC5)cc4)c3S(=O)(=O)O)cc2)CCCC1. The Balaban J connectivity index is 1.45. The van der Waals surface area contributed by atoms with Gasteiger partial charge >= 0.3 is 11.9 Å². The van der Waals surface area contributed by atoms with Gasteiger partial charge in [-0.15, -0.1) is 0 Å². The molecule has 7 nitrogen and oxygen atoms in total. The van der Waals surface area contributed by atoms with E-state index >= 15 is 0 Å². The summed E-state index contributed by atoms with van der Waals surface area (Å²) >= 11 is 0. The predicted molar refractivity (Wildman–Crippen MR) is 161 cm³/mol. The van der Waals surface area contributed by atoms with Gasteiger partial charge in [-0.2, -0.15) is 8.42 Å². The van der Waals surface area contributed by atoms with E-state index in [9.17, 15) is 27.0 Å². The summed E-state index contributed by atoms with van der Waals surface area (Å²) in [5.74, 6) is -1.66. The minimum atomic E-state index is -4.83. The first-order chi connectivity index (χ1) is 20.5. The van der Waals surface area contributed by atoms with Gasteiger partial charge in [0.15, 0.2) is 0 Å². The summed E-state index contributed by atoms with van der Waals surface area (Å²) < 4.78 is 62.4. The van der Waals surface area contributed by atoms with E-state index in [1.54, 1.807) is 0 Å². The summed E-state index contributed by atoms with van der Waals surface area (Å²) in [6, 6.07) is 14.1. The van der Waals surface area contributed by atoms with Gasteiger partial charge in [0.1, 0.15) is 21.9 Å². The predicted octanol–water partition coefficient (Wildman–Crippen LogP) is 8.17. The number of carbonyl (C=O) groups is 2. The van der Waals surface area contributed by atoms with Gasteiger partial charge < -0.3 is 9.47 Å². The van der Waals surface area contributed by atoms with E-state index in [0.29, 0.717) is 11.1 Å². The molecule has 5 rings (SSSR count). The molecule has 2 aliphatic carbocycles. The van der Waals surface area contributed by atoms with E-state index in [1.807, 2.05) is 13.8 Å². The fourth-order valence-corrected chi connectivity index (χ4v) is 7.39. The molecule has 9 heteroatoms. The molecular weight excluding hydrogens is 571 g/mol. The van der Waals surface area contributed by atoms with Crippen LogP contribution in [0.5, 0.6) is 0 Å². The molecule has 3 aromatic carbocycles. The Morgan fingerprint density at radius 3 is 1.37 bits per heavy atom. The van der Waals surface area contributed by atoms with Crippen LogP contribution in [0.1, 0.15) is 98.8 Å². The van der Waals surface area contributed by atoms with Crippen molar-refractivity contribution < 1.29 is 36.4 Å². The second kappa shape index (κ2) is 12.2. The Bertz CT molecular complexity index is 1500. The zero-order valence-electron chi connectivity index (χ0n) is 24.5. The van der Waals surface area contributed by atoms with Gasteiger partial charge in [-0.25, -0.2) is 14.0 Å². The van der Waals surface area contributed by atoms with E-state index in [0.717, 1.165) is 76.3 Å². The van der Waals surface area contributed by atoms with E-state index in [4.69, 9.17) is 9.47 Å². The van der Waals surface area contributed by atoms with Crippen molar-refractivity contribution in [3.05, 3.63) is 77.6 Å². The van der Waals surface area contributed by atoms with Crippen LogP contribution in [0.2, 0.25) is 0 Å². The molecule has 228 valence electrons. The Morgan fingerprint density at radius 2 is 1.07 bits per heavy atom. The van der Waals surface area contributed by atoms with E-state index in [-0.39, 0.29) is 22.3 Å². The number of benzene rings is 3. The van der Waals surface area contributed by atoms with Crippen LogP contribution >= 0.6 is 0 Å². The molecule has 2 fully saturated rings. The molecule has 0 aromatic heterocycles. The minimum absolute atomic E-state index is 0.0622. The summed E-state index contributed by atoms with van der Waals surface area (Å²) in [4.78, 5) is 25.3. The Kier molecular flexibility index (Phi) is 8.77. The molecule has 0 unspecified atom stereocenters. The lowest BCUT2D eigenvalue weighted by atomic mass is 9.96. The average molecular weight is 609 g/mol. The quantitative estimate of drug-likeness (QED) is 0.193. The number of rotatable bonds is 9. The number of hydrogen-bond donors (Lipinski definition) is 1. The standard InChI is InChI=1S/C34H37FO7S/c1-3-33(17-5-6-18-33)41-31(36)25-13-9-23(10-14-25)28-21-27(35)22-29(30(28)43(38,39)40)24-11-15-26(16-12-24)32(37)42-34(4-2)19-7-8-20-34/h9-16,21-22H,3-8,17-20H2,1-2H3,(H,38,39,40). The largest absolute Gasteiger partial charge is 0.455 e. The fraction of sp³-hybridized carbons (Fsp3) is 0.412. The van der Waals surface area contributed by atoms with E-state index in [2.05, 4.69) is 0 Å². The van der Waals surface area contributed by atoms with Crippen molar-refractivity contribution in [2.24, 2.45) is 0 Å². The molecule has 0 heterocycles. The van der Waals surface area contributed by atoms with Crippen molar-refractivity contribution in [1.82, 2.24) is 0 Å². The maximum absolute atomic E-state index is 15.0. The molecule has 0 saturated heterocycles. The Hall–Kier alpha value is -3.56. The van der Waals surface area contributed by atoms with Gasteiger partial charge in [-0.3, -0.25) is 4.55 Å². The van der Waals surface area contributed by atoms with Gasteiger partial charge in [-0.05, 0) is 112 Å². The van der Waals surface area contributed by atoms with Gasteiger partial charge in [0.05, 0.1) is 11.1 Å². The van der Waals surface area contributed by atoms with Crippen LogP contribution < -0.4 is 0 Å². The monoisotopic (exact) mass is 608 g/mol. The highest BCUT2D eigenvalue weighted by molar-refractivity contribution is 7.86. The Morgan fingerprint density at radius 1 is 0.721 bits per heavy atom. The second-order valence-corrected chi connectivity index (χ2v) is 13.1. The van der Waals surface area contributed by atoms with Crippen LogP contribution in [0.25, 0.3) is 22.3 Å². The first-order valence-corrected chi connectivity index (χ1v) is 16.4. The molecule has 0 amide bonds. The highest BCUT2D eigenvalue weighted by Gasteiger charge is 2.37. The van der Waals surface area contributed by atoms with Gasteiger partial charge in [0, 0.05) is 11.1 Å². The van der Waals surface area contributed by atoms with Crippen LogP contribution in [-0.2, 0) is 19.6 Å². The van der Waals surface area contributed by atoms with Crippen LogP contribution in [0.15, 0.2) is 65.6 Å². The third-order valence-corrected chi connectivity index (χ3v) is 10.1. The van der Waals surface area contributed by atoms with Crippen molar-refractivity contribution in [2.75, 3.05) is 0 Å². The van der Waals surface area contributed by atoms with Crippen molar-refractivity contribution in [1.29, 1.82) is 0 Å². The summed E-state index contributed by atoms with van der Waals surface area (Å²) in [5, 5.41) is 0. The molecular formula is C34H37FO7S. The zero-order valence-corrected chi connectivity index (χ0v) is 25.3. The summed E-state index contributed by atoms with van der Waals surface area (Å²) in [6.07, 6.45) is 8.75. The second-order valence-electron chi connectivity index (χ2n) is 11.7. The Labute approximate surface area is 252 Å². The summed E-state index contributed by atoms with van der Waals surface area (Å²) in [6.45, 7) is 3.99. The third-order valence-electron chi connectivity index (χ3n) is 9.11. The molecule has 0 atom stereocenters. The van der Waals surface area contributed by atoms with Gasteiger partial charge in [-0.1, -0.05) is 38.1 Å². The molecule has 0 spiro atoms. The maximum Gasteiger partial charge on any atom is 0.338 e. The lowest BCUT2D eigenvalue weighted by Crippen LogP contribution is -2.31. The topological polar surface area (TPSA) is 107 Å². The number of carbonyl (C=O) groups excluding carboxylic acids is 2. The van der Waals surface area contributed by atoms with Crippen molar-refractivity contribution in [3.8, 4) is 22.3 Å². The number of esters is 2. The fourth-order valence-electron chi connectivity index (χ4n) is 6.48. The summed E-state index contributed by atoms with van der Waals surface area (Å²) in [5.41, 5.74) is 0.102. The minimum Gasteiger partial charge on any atom is -0.455 e. The lowest BCUT2D eigenvalue weighted by molar-refractivity contribution is -0.0181. The highest BCUT2D eigenvalue weighted by Crippen LogP contribution is 2.40. The van der Waals surface area contributed by atoms with Crippen molar-refractivity contribution >= 4 is 22.1 Å². The highest BCUT2D eigenvalue weighted by atomic mass is 32.2. The van der Waals surface area contributed by atoms with Crippen LogP contribution in [0, 0.1) is 5.82 Å². The summed E-state index contributed by atoms with van der Waals surface area (Å²) in [7, 11) is -4.83. The average Bonchev–Trinajstić information content (AvgIpc) is 3.67. The first-order valence-electron chi connectivity index (χ1n) is 15.0. The van der Waals surface area contributed by atoms with Crippen LogP contribution in [0.3, 0.4) is 0 Å². The molecule has 43 heavy (non-hydrogen) atoms. The van der Waals surface area contributed by atoms with Gasteiger partial charge in [0.2, 0.25) is 0 Å².